The van der Waals surface area contributed by atoms with Gasteiger partial charge in [0.25, 0.3) is 0 Å². The van der Waals surface area contributed by atoms with Crippen molar-refractivity contribution in [2.45, 2.75) is 145 Å². The maximum absolute atomic E-state index is 4.85. The number of oxazole rings is 2. The van der Waals surface area contributed by atoms with E-state index < -0.39 is 0 Å². The molecule has 0 bridgehead atoms. The largest absolute Gasteiger partial charge is 0.449 e. The fraction of sp³-hybridized carbons (Fsp3) is 0.478. The maximum Gasteiger partial charge on any atom is 0.223 e. The molecule has 396 valence electrons. The number of aryl methyl sites for hydroxylation is 18. The molecule has 1 N–H and O–H groups in total. The highest BCUT2D eigenvalue weighted by Gasteiger charge is 1.94. The van der Waals surface area contributed by atoms with Crippen molar-refractivity contribution < 1.29 is 17.9 Å². The number of H-pyrrole nitrogens is 1. The van der Waals surface area contributed by atoms with Crippen LogP contribution >= 0.6 is 45.7 Å². The molecule has 0 amide bonds. The molecule has 0 aliphatic rings. The van der Waals surface area contributed by atoms with Crippen molar-refractivity contribution in [2.75, 3.05) is 0 Å². The first kappa shape index (κ1) is 67.4. The lowest BCUT2D eigenvalue weighted by atomic mass is 10.4. The molecule has 0 unspecified atom stereocenters. The number of rotatable bonds is 0. The Bertz CT molecular complexity index is 2260. The van der Waals surface area contributed by atoms with Crippen LogP contribution in [0, 0.1) is 118 Å². The summed E-state index contributed by atoms with van der Waals surface area (Å²) in [5.41, 5.74) is 8.92. The summed E-state index contributed by atoms with van der Waals surface area (Å²) < 4.78 is 26.8. The molecule has 26 heteroatoms. The first-order valence-electron chi connectivity index (χ1n) is 22.3. The number of hydrogen-bond acceptors (Lipinski definition) is 24. The molecule has 10 rings (SSSR count). The molecule has 0 aliphatic heterocycles. The van der Waals surface area contributed by atoms with Crippen LogP contribution in [0.5, 0.6) is 0 Å². The lowest BCUT2D eigenvalue weighted by Gasteiger charge is -1.77. The first-order valence-corrected chi connectivity index (χ1v) is 25.6. The minimum Gasteiger partial charge on any atom is -0.449 e. The van der Waals surface area contributed by atoms with Crippen LogP contribution in [0.1, 0.15) is 123 Å². The van der Waals surface area contributed by atoms with Crippen LogP contribution < -0.4 is 0 Å². The SMILES string of the molecule is CC.CC.Cc1cn[nH]n1.Cc1ncoc1C.Cc1ncoc1C.Cc1ncsc1C.Cc1ncsc1C.Cc1noc(C)n1.Cc1noc(C)n1.Cc1nsc(C)n1.Cc1nsc(C)n1.Cn1nccn1. The zero-order chi connectivity index (χ0) is 55.0. The monoisotopic (exact) mass is 1070 g/mol. The maximum atomic E-state index is 4.85. The number of nitrogens with one attached hydrogen (secondary N) is 1. The molecule has 0 aliphatic carbocycles. The molecular formula is C46H74N18O4S4. The molecule has 0 saturated heterocycles. The van der Waals surface area contributed by atoms with E-state index in [-0.39, 0.29) is 0 Å². The van der Waals surface area contributed by atoms with E-state index in [1.165, 1.54) is 50.4 Å². The molecule has 0 aromatic carbocycles. The first-order chi connectivity index (χ1) is 34.2. The molecule has 0 spiro atoms. The van der Waals surface area contributed by atoms with E-state index >= 15 is 0 Å². The van der Waals surface area contributed by atoms with Gasteiger partial charge >= 0.3 is 0 Å². The summed E-state index contributed by atoms with van der Waals surface area (Å²) in [5, 5.41) is 26.3. The van der Waals surface area contributed by atoms with Crippen LogP contribution in [0.15, 0.2) is 60.3 Å². The van der Waals surface area contributed by atoms with Gasteiger partial charge in [-0.1, -0.05) is 38.0 Å². The van der Waals surface area contributed by atoms with Crippen LogP contribution in [0.25, 0.3) is 0 Å². The lowest BCUT2D eigenvalue weighted by Crippen LogP contribution is -1.89. The minimum absolute atomic E-state index is 0.623. The summed E-state index contributed by atoms with van der Waals surface area (Å²) in [5.74, 6) is 6.19. The van der Waals surface area contributed by atoms with Gasteiger partial charge in [0.05, 0.1) is 58.1 Å². The van der Waals surface area contributed by atoms with Crippen molar-refractivity contribution in [3.05, 3.63) is 137 Å². The fourth-order valence-corrected chi connectivity index (χ4v) is 5.73. The second kappa shape index (κ2) is 41.0. The molecule has 10 heterocycles. The summed E-state index contributed by atoms with van der Waals surface area (Å²) in [6.07, 6.45) is 7.84. The van der Waals surface area contributed by atoms with Gasteiger partial charge in [-0.2, -0.15) is 49.1 Å². The predicted octanol–water partition coefficient (Wildman–Crippen LogP) is 11.8. The van der Waals surface area contributed by atoms with E-state index in [9.17, 15) is 0 Å². The topological polar surface area (TPSA) is 280 Å². The van der Waals surface area contributed by atoms with Gasteiger partial charge in [-0.3, -0.25) is 0 Å². The Morgan fingerprint density at radius 2 is 0.875 bits per heavy atom. The number of aromatic nitrogens is 18. The third-order valence-corrected chi connectivity index (χ3v) is 10.7. The third kappa shape index (κ3) is 35.5. The standard InChI is InChI=1S/2C5H7NO.2C5H7NS.2C4H6N2O.2C4H6N2S.2C3H5N3.2C2H6/c4*1-4-5(2)7-3-6-4;4*1-3-5-4(2)7-6-3;1-6-4-2-3-5-6;1-3-2-4-6-5-3;2*1-2/h4*3H,1-2H3;4*1-2H3;2-3H,1H3;2H,1H3,(H,4,5,6);2*1-2H3. The quantitative estimate of drug-likeness (QED) is 0.148. The highest BCUT2D eigenvalue weighted by Crippen LogP contribution is 2.09. The summed E-state index contributed by atoms with van der Waals surface area (Å²) in [4.78, 5) is 35.6. The van der Waals surface area contributed by atoms with Crippen molar-refractivity contribution in [3.63, 3.8) is 0 Å². The van der Waals surface area contributed by atoms with E-state index in [4.69, 9.17) is 8.83 Å². The lowest BCUT2D eigenvalue weighted by molar-refractivity contribution is 0.389. The smallest absolute Gasteiger partial charge is 0.223 e. The van der Waals surface area contributed by atoms with Crippen LogP contribution in [-0.4, -0.2) is 89.3 Å². The van der Waals surface area contributed by atoms with Gasteiger partial charge in [0.15, 0.2) is 24.4 Å². The summed E-state index contributed by atoms with van der Waals surface area (Å²) in [7, 11) is 1.78. The molecule has 0 saturated carbocycles. The van der Waals surface area contributed by atoms with Crippen molar-refractivity contribution in [2.24, 2.45) is 7.05 Å². The average molecular weight is 1070 g/mol. The van der Waals surface area contributed by atoms with Gasteiger partial charge in [0.2, 0.25) is 11.8 Å². The Morgan fingerprint density at radius 3 is 0.958 bits per heavy atom. The van der Waals surface area contributed by atoms with Crippen LogP contribution in [-0.2, 0) is 7.05 Å². The second-order valence-corrected chi connectivity index (χ2v) is 17.6. The van der Waals surface area contributed by atoms with Gasteiger partial charge in [-0.15, -0.1) is 22.7 Å². The van der Waals surface area contributed by atoms with Crippen LogP contribution in [0.3, 0.4) is 0 Å². The molecule has 10 aromatic heterocycles. The molecular weight excluding hydrogens is 997 g/mol. The predicted molar refractivity (Wildman–Crippen MR) is 286 cm³/mol. The number of hydrogen-bond donors (Lipinski definition) is 1. The molecule has 72 heavy (non-hydrogen) atoms. The normalized spacial score (nSPS) is 8.97. The van der Waals surface area contributed by atoms with Gasteiger partial charge in [0, 0.05) is 30.6 Å². The second-order valence-electron chi connectivity index (χ2n) is 13.5. The number of nitrogens with zero attached hydrogens (tertiary/aromatic N) is 17. The van der Waals surface area contributed by atoms with Crippen LogP contribution in [0.2, 0.25) is 0 Å². The van der Waals surface area contributed by atoms with E-state index in [1.807, 2.05) is 115 Å². The molecule has 10 aromatic rings. The van der Waals surface area contributed by atoms with Gasteiger partial charge in [-0.05, 0) is 127 Å². The number of aromatic amines is 1. The highest BCUT2D eigenvalue weighted by atomic mass is 32.1. The third-order valence-electron chi connectivity index (χ3n) is 7.53. The molecule has 0 fully saturated rings. The van der Waals surface area contributed by atoms with Crippen LogP contribution in [0.4, 0.5) is 0 Å². The van der Waals surface area contributed by atoms with Crippen molar-refractivity contribution >= 4 is 45.7 Å². The zero-order valence-electron chi connectivity index (χ0n) is 45.9. The number of thiazole rings is 2. The average Bonchev–Trinajstić information content (AvgIpc) is 4.20. The van der Waals surface area contributed by atoms with E-state index in [1.54, 1.807) is 76.0 Å². The minimum atomic E-state index is 0.623. The molecule has 0 atom stereocenters. The molecule has 22 nitrogen and oxygen atoms in total. The molecule has 0 radical (unpaired) electrons. The summed E-state index contributed by atoms with van der Waals surface area (Å²) in [6, 6.07) is 0. The van der Waals surface area contributed by atoms with Crippen molar-refractivity contribution in [1.82, 2.24) is 89.3 Å². The van der Waals surface area contributed by atoms with E-state index in [2.05, 4.69) is 107 Å². The Labute approximate surface area is 440 Å². The Morgan fingerprint density at radius 1 is 0.486 bits per heavy atom. The van der Waals surface area contributed by atoms with E-state index in [0.29, 0.717) is 23.4 Å². The highest BCUT2D eigenvalue weighted by molar-refractivity contribution is 7.10. The van der Waals surface area contributed by atoms with Crippen molar-refractivity contribution in [3.8, 4) is 0 Å². The van der Waals surface area contributed by atoms with E-state index in [0.717, 1.165) is 61.7 Å². The summed E-state index contributed by atoms with van der Waals surface area (Å²) >= 11 is 6.27. The summed E-state index contributed by atoms with van der Waals surface area (Å²) in [6.45, 7) is 40.5. The van der Waals surface area contributed by atoms with Crippen molar-refractivity contribution in [1.29, 1.82) is 0 Å². The van der Waals surface area contributed by atoms with Gasteiger partial charge in [-0.25, -0.2) is 29.9 Å². The van der Waals surface area contributed by atoms with Gasteiger partial charge < -0.3 is 17.9 Å². The van der Waals surface area contributed by atoms with Gasteiger partial charge in [0.1, 0.15) is 33.2 Å². The fourth-order valence-electron chi connectivity index (χ4n) is 3.59. The Hall–Kier alpha value is -6.64. The Kier molecular flexibility index (Phi) is 38.4. The Balaban J connectivity index is 0. The zero-order valence-corrected chi connectivity index (χ0v) is 49.2.